The number of benzene rings is 1. The molecule has 3 N–H and O–H groups in total. The maximum absolute atomic E-state index is 10.3. The Morgan fingerprint density at radius 2 is 2.44 bits per heavy atom. The van der Waals surface area contributed by atoms with Crippen LogP contribution in [0.4, 0.5) is 4.79 Å². The third-order valence-electron chi connectivity index (χ3n) is 1.64. The second kappa shape index (κ2) is 5.97. The molecule has 0 saturated heterocycles. The average Bonchev–Trinajstić information content (AvgIpc) is 2.21. The first-order valence-corrected chi connectivity index (χ1v) is 5.02. The van der Waals surface area contributed by atoms with E-state index in [4.69, 9.17) is 22.1 Å². The summed E-state index contributed by atoms with van der Waals surface area (Å²) in [7, 11) is 0. The number of nitrogens with two attached hydrogens (primary N) is 1. The Kier molecular flexibility index (Phi) is 4.60. The lowest BCUT2D eigenvalue weighted by atomic mass is 10.2. The summed E-state index contributed by atoms with van der Waals surface area (Å²) in [6, 6.07) is 4.47. The number of primary amides is 1. The molecule has 0 saturated carbocycles. The molecule has 86 valence electrons. The Balaban J connectivity index is 2.73. The van der Waals surface area contributed by atoms with Crippen LogP contribution in [0.5, 0.6) is 5.75 Å². The van der Waals surface area contributed by atoms with Crippen LogP contribution < -0.4 is 15.9 Å². The zero-order valence-corrected chi connectivity index (χ0v) is 9.49. The van der Waals surface area contributed by atoms with Crippen LogP contribution in [0.15, 0.2) is 23.3 Å². The summed E-state index contributed by atoms with van der Waals surface area (Å²) < 4.78 is 5.27. The van der Waals surface area contributed by atoms with Gasteiger partial charge in [-0.2, -0.15) is 5.10 Å². The number of hydrogen-bond donors (Lipinski definition) is 2. The van der Waals surface area contributed by atoms with Crippen LogP contribution >= 0.6 is 11.6 Å². The molecule has 1 aromatic carbocycles. The first-order valence-electron chi connectivity index (χ1n) is 4.64. The summed E-state index contributed by atoms with van der Waals surface area (Å²) in [5.74, 6) is 0.615. The lowest BCUT2D eigenvalue weighted by Gasteiger charge is -2.05. The van der Waals surface area contributed by atoms with Gasteiger partial charge in [0.2, 0.25) is 0 Å². The molecule has 0 bridgehead atoms. The molecule has 0 heterocycles. The summed E-state index contributed by atoms with van der Waals surface area (Å²) in [4.78, 5) is 10.3. The van der Waals surface area contributed by atoms with Gasteiger partial charge in [0, 0.05) is 0 Å². The monoisotopic (exact) mass is 241 g/mol. The standard InChI is InChI=1S/C10H12ClN3O2/c1-2-16-9-4-3-7(5-8(9)11)6-13-14-10(12)15/h3-6H,2H2,1H3,(H3,12,14,15)/b13-6-. The number of hydrogen-bond acceptors (Lipinski definition) is 3. The summed E-state index contributed by atoms with van der Waals surface area (Å²) in [6.07, 6.45) is 1.44. The van der Waals surface area contributed by atoms with Gasteiger partial charge in [-0.25, -0.2) is 10.2 Å². The zero-order chi connectivity index (χ0) is 12.0. The fourth-order valence-electron chi connectivity index (χ4n) is 1.04. The van der Waals surface area contributed by atoms with Gasteiger partial charge in [0.05, 0.1) is 17.8 Å². The number of nitrogens with one attached hydrogen (secondary N) is 1. The highest BCUT2D eigenvalue weighted by Gasteiger charge is 2.00. The third kappa shape index (κ3) is 3.78. The van der Waals surface area contributed by atoms with Gasteiger partial charge in [-0.1, -0.05) is 11.6 Å². The van der Waals surface area contributed by atoms with Crippen molar-refractivity contribution in [2.75, 3.05) is 6.61 Å². The van der Waals surface area contributed by atoms with E-state index >= 15 is 0 Å². The highest BCUT2D eigenvalue weighted by Crippen LogP contribution is 2.24. The van der Waals surface area contributed by atoms with Crippen molar-refractivity contribution in [3.63, 3.8) is 0 Å². The molecule has 2 amide bonds. The fraction of sp³-hybridized carbons (Fsp3) is 0.200. The number of carbonyl (C=O) groups excluding carboxylic acids is 1. The summed E-state index contributed by atoms with van der Waals surface area (Å²) in [5, 5.41) is 4.10. The smallest absolute Gasteiger partial charge is 0.332 e. The Morgan fingerprint density at radius 1 is 1.69 bits per heavy atom. The highest BCUT2D eigenvalue weighted by molar-refractivity contribution is 6.32. The van der Waals surface area contributed by atoms with Crippen molar-refractivity contribution in [1.82, 2.24) is 5.43 Å². The van der Waals surface area contributed by atoms with Crippen LogP contribution in [0, 0.1) is 0 Å². The Labute approximate surface area is 98.2 Å². The van der Waals surface area contributed by atoms with Gasteiger partial charge >= 0.3 is 6.03 Å². The topological polar surface area (TPSA) is 76.7 Å². The number of halogens is 1. The van der Waals surface area contributed by atoms with E-state index in [-0.39, 0.29) is 0 Å². The molecule has 0 atom stereocenters. The van der Waals surface area contributed by atoms with Crippen molar-refractivity contribution in [2.45, 2.75) is 6.92 Å². The molecule has 0 unspecified atom stereocenters. The van der Waals surface area contributed by atoms with E-state index in [0.717, 1.165) is 5.56 Å². The van der Waals surface area contributed by atoms with E-state index in [1.807, 2.05) is 6.92 Å². The maximum Gasteiger partial charge on any atom is 0.332 e. The first kappa shape index (κ1) is 12.3. The van der Waals surface area contributed by atoms with Crippen LogP contribution in [-0.4, -0.2) is 18.9 Å². The second-order valence-corrected chi connectivity index (χ2v) is 3.26. The SMILES string of the molecule is CCOc1ccc(/C=N\NC(N)=O)cc1Cl. The normalized spacial score (nSPS) is 10.4. The van der Waals surface area contributed by atoms with Gasteiger partial charge in [-0.05, 0) is 30.7 Å². The van der Waals surface area contributed by atoms with Crippen molar-refractivity contribution in [3.05, 3.63) is 28.8 Å². The van der Waals surface area contributed by atoms with Crippen molar-refractivity contribution in [2.24, 2.45) is 10.8 Å². The fourth-order valence-corrected chi connectivity index (χ4v) is 1.28. The minimum atomic E-state index is -0.715. The molecule has 1 aromatic rings. The van der Waals surface area contributed by atoms with Crippen molar-refractivity contribution in [1.29, 1.82) is 0 Å². The zero-order valence-electron chi connectivity index (χ0n) is 8.74. The molecular weight excluding hydrogens is 230 g/mol. The molecular formula is C10H12ClN3O2. The Bertz CT molecular complexity index is 407. The van der Waals surface area contributed by atoms with Crippen molar-refractivity contribution in [3.8, 4) is 5.75 Å². The molecule has 16 heavy (non-hydrogen) atoms. The quantitative estimate of drug-likeness (QED) is 0.622. The Morgan fingerprint density at radius 3 is 3.00 bits per heavy atom. The number of carbonyl (C=O) groups is 1. The largest absolute Gasteiger partial charge is 0.492 e. The van der Waals surface area contributed by atoms with Gasteiger partial charge in [0.15, 0.2) is 0 Å². The number of hydrazone groups is 1. The van der Waals surface area contributed by atoms with E-state index in [0.29, 0.717) is 17.4 Å². The molecule has 0 radical (unpaired) electrons. The molecule has 0 aliphatic rings. The third-order valence-corrected chi connectivity index (χ3v) is 1.94. The van der Waals surface area contributed by atoms with Gasteiger partial charge in [-0.3, -0.25) is 0 Å². The van der Waals surface area contributed by atoms with Crippen LogP contribution in [-0.2, 0) is 0 Å². The molecule has 1 rings (SSSR count). The molecule has 0 aliphatic heterocycles. The van der Waals surface area contributed by atoms with Crippen LogP contribution in [0.1, 0.15) is 12.5 Å². The molecule has 0 spiro atoms. The summed E-state index contributed by atoms with van der Waals surface area (Å²) in [6.45, 7) is 2.43. The lowest BCUT2D eigenvalue weighted by Crippen LogP contribution is -2.24. The van der Waals surface area contributed by atoms with Crippen LogP contribution in [0.2, 0.25) is 5.02 Å². The van der Waals surface area contributed by atoms with Gasteiger partial charge in [-0.15, -0.1) is 0 Å². The number of amides is 2. The summed E-state index contributed by atoms with van der Waals surface area (Å²) in [5.41, 5.74) is 7.67. The minimum Gasteiger partial charge on any atom is -0.492 e. The van der Waals surface area contributed by atoms with E-state index in [2.05, 4.69) is 10.5 Å². The predicted octanol–water partition coefficient (Wildman–Crippen LogP) is 1.74. The molecule has 0 fully saturated rings. The predicted molar refractivity (Wildman–Crippen MR) is 62.9 cm³/mol. The average molecular weight is 242 g/mol. The number of ether oxygens (including phenoxy) is 1. The van der Waals surface area contributed by atoms with Gasteiger partial charge in [0.25, 0.3) is 0 Å². The molecule has 0 aliphatic carbocycles. The molecule has 5 nitrogen and oxygen atoms in total. The molecule has 0 aromatic heterocycles. The van der Waals surface area contributed by atoms with E-state index in [9.17, 15) is 4.79 Å². The van der Waals surface area contributed by atoms with E-state index in [1.54, 1.807) is 18.2 Å². The number of urea groups is 1. The van der Waals surface area contributed by atoms with Crippen LogP contribution in [0.25, 0.3) is 0 Å². The summed E-state index contributed by atoms with van der Waals surface area (Å²) >= 11 is 5.95. The van der Waals surface area contributed by atoms with Gasteiger partial charge in [0.1, 0.15) is 5.75 Å². The minimum absolute atomic E-state index is 0.491. The maximum atomic E-state index is 10.3. The van der Waals surface area contributed by atoms with Crippen molar-refractivity contribution < 1.29 is 9.53 Å². The van der Waals surface area contributed by atoms with Gasteiger partial charge < -0.3 is 10.5 Å². The lowest BCUT2D eigenvalue weighted by molar-refractivity contribution is 0.249. The van der Waals surface area contributed by atoms with Crippen LogP contribution in [0.3, 0.4) is 0 Å². The second-order valence-electron chi connectivity index (χ2n) is 2.86. The first-order chi connectivity index (χ1) is 7.63. The molecule has 6 heteroatoms. The van der Waals surface area contributed by atoms with E-state index in [1.165, 1.54) is 6.21 Å². The highest BCUT2D eigenvalue weighted by atomic mass is 35.5. The van der Waals surface area contributed by atoms with Crippen molar-refractivity contribution >= 4 is 23.8 Å². The Hall–Kier alpha value is -1.75. The number of nitrogens with zero attached hydrogens (tertiary/aromatic N) is 1. The van der Waals surface area contributed by atoms with E-state index < -0.39 is 6.03 Å². The number of rotatable bonds is 4.